The van der Waals surface area contributed by atoms with Crippen LogP contribution in [-0.4, -0.2) is 46.1 Å². The number of nitrogens with zero attached hydrogens (tertiary/aromatic N) is 6. The van der Waals surface area contributed by atoms with Crippen LogP contribution in [0.15, 0.2) is 24.3 Å². The minimum atomic E-state index is -0.276. The molecule has 3 rings (SSSR count). The van der Waals surface area contributed by atoms with Crippen molar-refractivity contribution < 1.29 is 4.39 Å². The van der Waals surface area contributed by atoms with Gasteiger partial charge in [0.05, 0.1) is 6.54 Å². The maximum Gasteiger partial charge on any atom is 0.228 e. The molecule has 0 radical (unpaired) electrons. The molecule has 0 spiro atoms. The first kappa shape index (κ1) is 14.2. The Morgan fingerprint density at radius 2 is 2.00 bits per heavy atom. The summed E-state index contributed by atoms with van der Waals surface area (Å²) in [4.78, 5) is 10.6. The van der Waals surface area contributed by atoms with Crippen molar-refractivity contribution in [3.8, 4) is 0 Å². The van der Waals surface area contributed by atoms with Crippen molar-refractivity contribution in [3.63, 3.8) is 0 Å². The molecule has 0 aliphatic rings. The van der Waals surface area contributed by atoms with Gasteiger partial charge in [-0.25, -0.2) is 9.07 Å². The summed E-state index contributed by atoms with van der Waals surface area (Å²) in [6, 6.07) is 6.59. The lowest BCUT2D eigenvalue weighted by Gasteiger charge is -2.12. The second kappa shape index (κ2) is 5.55. The molecule has 0 fully saturated rings. The minimum Gasteiger partial charge on any atom is -0.371 e. The van der Waals surface area contributed by atoms with E-state index in [9.17, 15) is 4.39 Å². The van der Waals surface area contributed by atoms with E-state index in [2.05, 4.69) is 25.6 Å². The predicted molar refractivity (Wildman–Crippen MR) is 82.5 cm³/mol. The lowest BCUT2D eigenvalue weighted by atomic mass is 10.2. The Balaban J connectivity index is 2.11. The van der Waals surface area contributed by atoms with E-state index in [0.29, 0.717) is 28.5 Å². The van der Waals surface area contributed by atoms with Crippen molar-refractivity contribution in [2.75, 3.05) is 31.4 Å². The fraction of sp³-hybridized carbons (Fsp3) is 0.286. The highest BCUT2D eigenvalue weighted by molar-refractivity contribution is 5.83. The summed E-state index contributed by atoms with van der Waals surface area (Å²) in [6.07, 6.45) is 0. The Morgan fingerprint density at radius 1 is 1.23 bits per heavy atom. The number of anilines is 2. The smallest absolute Gasteiger partial charge is 0.228 e. The minimum absolute atomic E-state index is 0.260. The van der Waals surface area contributed by atoms with Gasteiger partial charge in [0.1, 0.15) is 5.82 Å². The van der Waals surface area contributed by atoms with E-state index >= 15 is 0 Å². The highest BCUT2D eigenvalue weighted by Gasteiger charge is 2.15. The summed E-state index contributed by atoms with van der Waals surface area (Å²) in [5, 5.41) is 11.2. The van der Waals surface area contributed by atoms with Gasteiger partial charge in [0.15, 0.2) is 17.0 Å². The van der Waals surface area contributed by atoms with Crippen molar-refractivity contribution in [3.05, 3.63) is 35.6 Å². The van der Waals surface area contributed by atoms with Crippen LogP contribution in [0.2, 0.25) is 0 Å². The Labute approximate surface area is 126 Å². The van der Waals surface area contributed by atoms with Crippen LogP contribution in [0.5, 0.6) is 0 Å². The van der Waals surface area contributed by atoms with Crippen LogP contribution in [0.3, 0.4) is 0 Å². The van der Waals surface area contributed by atoms with Gasteiger partial charge in [-0.3, -0.25) is 0 Å². The maximum absolute atomic E-state index is 13.8. The highest BCUT2D eigenvalue weighted by Crippen LogP contribution is 2.21. The van der Waals surface area contributed by atoms with Gasteiger partial charge < -0.3 is 10.2 Å². The molecule has 0 atom stereocenters. The normalized spacial score (nSPS) is 10.9. The van der Waals surface area contributed by atoms with E-state index in [4.69, 9.17) is 0 Å². The molecule has 0 aliphatic heterocycles. The third-order valence-electron chi connectivity index (χ3n) is 3.27. The maximum atomic E-state index is 13.8. The first-order valence-electron chi connectivity index (χ1n) is 6.80. The number of benzene rings is 1. The highest BCUT2D eigenvalue weighted by atomic mass is 19.1. The zero-order valence-electron chi connectivity index (χ0n) is 12.6. The number of hydrogen-bond acceptors (Lipinski definition) is 6. The molecule has 1 N–H and O–H groups in total. The number of hydrogen-bond donors (Lipinski definition) is 1. The lowest BCUT2D eigenvalue weighted by molar-refractivity contribution is 0.582. The van der Waals surface area contributed by atoms with Gasteiger partial charge >= 0.3 is 0 Å². The molecule has 0 aliphatic carbocycles. The van der Waals surface area contributed by atoms with Crippen LogP contribution in [0.1, 0.15) is 5.56 Å². The molecule has 22 heavy (non-hydrogen) atoms. The molecule has 0 unspecified atom stereocenters. The van der Waals surface area contributed by atoms with Crippen molar-refractivity contribution in [1.82, 2.24) is 25.0 Å². The zero-order valence-corrected chi connectivity index (χ0v) is 12.6. The standard InChI is InChI=1S/C14H16FN7/c1-16-12-11-13(18-14(17-12)21(2)3)22(20-19-11)8-9-6-4-5-7-10(9)15/h4-7H,8H2,1-3H3,(H,16,17,18). The van der Waals surface area contributed by atoms with Gasteiger partial charge in [-0.1, -0.05) is 23.4 Å². The molecule has 7 nitrogen and oxygen atoms in total. The van der Waals surface area contributed by atoms with Gasteiger partial charge in [0.25, 0.3) is 0 Å². The average Bonchev–Trinajstić information content (AvgIpc) is 2.91. The summed E-state index contributed by atoms with van der Waals surface area (Å²) in [7, 11) is 5.47. The molecular weight excluding hydrogens is 285 g/mol. The predicted octanol–water partition coefficient (Wildman–Crippen LogP) is 1.52. The fourth-order valence-electron chi connectivity index (χ4n) is 2.11. The molecule has 114 valence electrons. The van der Waals surface area contributed by atoms with Crippen LogP contribution in [0.25, 0.3) is 11.2 Å². The third kappa shape index (κ3) is 2.43. The lowest BCUT2D eigenvalue weighted by Crippen LogP contribution is -2.14. The van der Waals surface area contributed by atoms with Crippen LogP contribution in [0.4, 0.5) is 16.2 Å². The zero-order chi connectivity index (χ0) is 15.7. The van der Waals surface area contributed by atoms with Gasteiger partial charge in [-0.2, -0.15) is 9.97 Å². The van der Waals surface area contributed by atoms with E-state index in [-0.39, 0.29) is 12.4 Å². The van der Waals surface area contributed by atoms with E-state index in [1.54, 1.807) is 34.8 Å². The monoisotopic (exact) mass is 301 g/mol. The molecule has 1 aromatic carbocycles. The summed E-state index contributed by atoms with van der Waals surface area (Å²) < 4.78 is 15.4. The second-order valence-corrected chi connectivity index (χ2v) is 5.03. The fourth-order valence-corrected chi connectivity index (χ4v) is 2.11. The largest absolute Gasteiger partial charge is 0.371 e. The van der Waals surface area contributed by atoms with Crippen molar-refractivity contribution in [1.29, 1.82) is 0 Å². The molecular formula is C14H16FN7. The van der Waals surface area contributed by atoms with Crippen molar-refractivity contribution >= 4 is 22.9 Å². The summed E-state index contributed by atoms with van der Waals surface area (Å²) in [5.41, 5.74) is 1.65. The summed E-state index contributed by atoms with van der Waals surface area (Å²) in [5.74, 6) is 0.851. The molecule has 0 amide bonds. The van der Waals surface area contributed by atoms with Gasteiger partial charge in [-0.15, -0.1) is 5.10 Å². The topological polar surface area (TPSA) is 71.8 Å². The van der Waals surface area contributed by atoms with Gasteiger partial charge in [0.2, 0.25) is 5.95 Å². The number of aromatic nitrogens is 5. The molecule has 2 aromatic heterocycles. The van der Waals surface area contributed by atoms with Crippen LogP contribution in [0, 0.1) is 5.82 Å². The molecule has 3 aromatic rings. The quantitative estimate of drug-likeness (QED) is 0.787. The van der Waals surface area contributed by atoms with Crippen molar-refractivity contribution in [2.24, 2.45) is 0 Å². The van der Waals surface area contributed by atoms with E-state index < -0.39 is 0 Å². The Hall–Kier alpha value is -2.77. The van der Waals surface area contributed by atoms with Crippen LogP contribution in [-0.2, 0) is 6.54 Å². The SMILES string of the molecule is CNc1nc(N(C)C)nc2c1nnn2Cc1ccccc1F. The number of halogens is 1. The Bertz CT molecular complexity index is 812. The number of rotatable bonds is 4. The average molecular weight is 301 g/mol. The molecule has 8 heteroatoms. The summed E-state index contributed by atoms with van der Waals surface area (Å²) >= 11 is 0. The van der Waals surface area contributed by atoms with Crippen LogP contribution >= 0.6 is 0 Å². The Kier molecular flexibility index (Phi) is 3.58. The molecule has 0 saturated heterocycles. The molecule has 0 saturated carbocycles. The van der Waals surface area contributed by atoms with Crippen LogP contribution < -0.4 is 10.2 Å². The second-order valence-electron chi connectivity index (χ2n) is 5.03. The third-order valence-corrected chi connectivity index (χ3v) is 3.27. The molecule has 0 bridgehead atoms. The van der Waals surface area contributed by atoms with Gasteiger partial charge in [0, 0.05) is 26.7 Å². The first-order valence-corrected chi connectivity index (χ1v) is 6.80. The first-order chi connectivity index (χ1) is 10.6. The summed E-state index contributed by atoms with van der Waals surface area (Å²) in [6.45, 7) is 0.260. The molecule has 2 heterocycles. The van der Waals surface area contributed by atoms with E-state index in [0.717, 1.165) is 0 Å². The number of fused-ring (bicyclic) bond motifs is 1. The van der Waals surface area contributed by atoms with E-state index in [1.807, 2.05) is 14.1 Å². The van der Waals surface area contributed by atoms with Crippen molar-refractivity contribution in [2.45, 2.75) is 6.54 Å². The van der Waals surface area contributed by atoms with E-state index in [1.165, 1.54) is 6.07 Å². The Morgan fingerprint density at radius 3 is 2.68 bits per heavy atom. The van der Waals surface area contributed by atoms with Gasteiger partial charge in [-0.05, 0) is 6.07 Å². The number of nitrogens with one attached hydrogen (secondary N) is 1.